The minimum Gasteiger partial charge on any atom is -0.325 e. The molecule has 1 heterocycles. The fraction of sp³-hybridized carbons (Fsp3) is 0.357. The molecule has 1 aromatic carbocycles. The van der Waals surface area contributed by atoms with Crippen LogP contribution in [0.5, 0.6) is 0 Å². The number of hydrogen-bond acceptors (Lipinski definition) is 3. The van der Waals surface area contributed by atoms with E-state index in [-0.39, 0.29) is 16.7 Å². The number of aryl methyl sites for hydroxylation is 1. The van der Waals surface area contributed by atoms with E-state index in [0.717, 1.165) is 17.1 Å². The molecule has 0 saturated carbocycles. The van der Waals surface area contributed by atoms with Crippen molar-refractivity contribution in [2.45, 2.75) is 18.7 Å². The van der Waals surface area contributed by atoms with Crippen LogP contribution in [-0.4, -0.2) is 25.5 Å². The molecular weight excluding hydrogens is 320 g/mol. The Kier molecular flexibility index (Phi) is 4.54. The molecule has 1 aromatic heterocycles. The van der Waals surface area contributed by atoms with Crippen molar-refractivity contribution in [3.63, 3.8) is 0 Å². The maximum Gasteiger partial charge on any atom is 0.238 e. The van der Waals surface area contributed by atoms with Gasteiger partial charge in [-0.3, -0.25) is 4.79 Å². The van der Waals surface area contributed by atoms with E-state index in [9.17, 15) is 4.79 Å². The van der Waals surface area contributed by atoms with Crippen LogP contribution in [0.25, 0.3) is 11.4 Å². The van der Waals surface area contributed by atoms with Crippen LogP contribution in [0.2, 0.25) is 0 Å². The van der Waals surface area contributed by atoms with Crippen molar-refractivity contribution in [3.05, 3.63) is 30.6 Å². The first kappa shape index (κ1) is 14.7. The fourth-order valence-electron chi connectivity index (χ4n) is 1.79. The normalized spacial score (nSPS) is 12.4. The molecule has 6 heteroatoms. The quantitative estimate of drug-likeness (QED) is 0.873. The monoisotopic (exact) mass is 336 g/mol. The summed E-state index contributed by atoms with van der Waals surface area (Å²) < 4.78 is 1.84. The second-order valence-electron chi connectivity index (χ2n) is 4.98. The first-order chi connectivity index (χ1) is 9.49. The zero-order valence-electron chi connectivity index (χ0n) is 11.7. The first-order valence-corrected chi connectivity index (χ1v) is 7.30. The fourth-order valence-corrected chi connectivity index (χ4v) is 1.91. The smallest absolute Gasteiger partial charge is 0.238 e. The van der Waals surface area contributed by atoms with Crippen molar-refractivity contribution in [3.8, 4) is 11.4 Å². The summed E-state index contributed by atoms with van der Waals surface area (Å²) >= 11 is 3.40. The van der Waals surface area contributed by atoms with Crippen molar-refractivity contribution >= 4 is 27.5 Å². The van der Waals surface area contributed by atoms with Crippen LogP contribution in [0.3, 0.4) is 0 Å². The van der Waals surface area contributed by atoms with Crippen LogP contribution in [0.4, 0.5) is 5.69 Å². The lowest BCUT2D eigenvalue weighted by Gasteiger charge is -2.14. The van der Waals surface area contributed by atoms with Crippen LogP contribution in [-0.2, 0) is 11.8 Å². The zero-order chi connectivity index (χ0) is 14.7. The summed E-state index contributed by atoms with van der Waals surface area (Å²) in [6.07, 6.45) is 1.65. The van der Waals surface area contributed by atoms with Gasteiger partial charge < -0.3 is 9.88 Å². The van der Waals surface area contributed by atoms with E-state index < -0.39 is 0 Å². The predicted molar refractivity (Wildman–Crippen MR) is 82.6 cm³/mol. The summed E-state index contributed by atoms with van der Waals surface area (Å²) in [6.45, 7) is 3.99. The van der Waals surface area contributed by atoms with Gasteiger partial charge in [-0.25, -0.2) is 0 Å². The number of hydrogen-bond donors (Lipinski definition) is 1. The van der Waals surface area contributed by atoms with Crippen molar-refractivity contribution in [2.24, 2.45) is 13.0 Å². The molecule has 0 fully saturated rings. The van der Waals surface area contributed by atoms with Gasteiger partial charge in [0.25, 0.3) is 0 Å². The number of carbonyl (C=O) groups is 1. The van der Waals surface area contributed by atoms with E-state index in [4.69, 9.17) is 0 Å². The van der Waals surface area contributed by atoms with Crippen LogP contribution in [0.15, 0.2) is 30.6 Å². The standard InChI is InChI=1S/C14H17BrN4O/c1-9(2)12(15)14(20)17-11-6-4-5-10(7-11)13-18-16-8-19(13)3/h4-9,12H,1-3H3,(H,17,20). The van der Waals surface area contributed by atoms with Gasteiger partial charge in [-0.15, -0.1) is 10.2 Å². The molecule has 2 aromatic rings. The van der Waals surface area contributed by atoms with Gasteiger partial charge in [-0.1, -0.05) is 41.9 Å². The lowest BCUT2D eigenvalue weighted by molar-refractivity contribution is -0.116. The summed E-state index contributed by atoms with van der Waals surface area (Å²) in [6, 6.07) is 7.58. The van der Waals surface area contributed by atoms with Gasteiger partial charge >= 0.3 is 0 Å². The summed E-state index contributed by atoms with van der Waals surface area (Å²) in [7, 11) is 1.88. The second-order valence-corrected chi connectivity index (χ2v) is 5.97. The Hall–Kier alpha value is -1.69. The molecule has 1 unspecified atom stereocenters. The van der Waals surface area contributed by atoms with E-state index in [2.05, 4.69) is 31.4 Å². The van der Waals surface area contributed by atoms with Crippen LogP contribution in [0.1, 0.15) is 13.8 Å². The molecule has 1 atom stereocenters. The molecule has 1 N–H and O–H groups in total. The maximum atomic E-state index is 12.0. The van der Waals surface area contributed by atoms with Crippen LogP contribution in [0, 0.1) is 5.92 Å². The van der Waals surface area contributed by atoms with Crippen molar-refractivity contribution < 1.29 is 4.79 Å². The van der Waals surface area contributed by atoms with Crippen molar-refractivity contribution in [1.82, 2.24) is 14.8 Å². The minimum atomic E-state index is -0.207. The van der Waals surface area contributed by atoms with E-state index in [1.807, 2.05) is 49.7 Å². The number of carbonyl (C=O) groups excluding carboxylic acids is 1. The Morgan fingerprint density at radius 3 is 2.75 bits per heavy atom. The number of halogens is 1. The Morgan fingerprint density at radius 1 is 1.40 bits per heavy atom. The predicted octanol–water partition coefficient (Wildman–Crippen LogP) is 2.84. The van der Waals surface area contributed by atoms with Gasteiger partial charge in [0.05, 0.1) is 4.83 Å². The van der Waals surface area contributed by atoms with E-state index in [0.29, 0.717) is 0 Å². The molecule has 0 aliphatic carbocycles. The van der Waals surface area contributed by atoms with E-state index in [1.54, 1.807) is 6.33 Å². The third-order valence-electron chi connectivity index (χ3n) is 2.94. The number of nitrogens with one attached hydrogen (secondary N) is 1. The number of rotatable bonds is 4. The Bertz CT molecular complexity index is 609. The molecule has 1 amide bonds. The molecule has 0 aliphatic heterocycles. The summed E-state index contributed by atoms with van der Waals surface area (Å²) in [5.41, 5.74) is 1.67. The highest BCUT2D eigenvalue weighted by Gasteiger charge is 2.18. The highest BCUT2D eigenvalue weighted by atomic mass is 79.9. The lowest BCUT2D eigenvalue weighted by atomic mass is 10.1. The number of anilines is 1. The van der Waals surface area contributed by atoms with Crippen LogP contribution < -0.4 is 5.32 Å². The Labute approximate surface area is 126 Å². The Balaban J connectivity index is 2.19. The third kappa shape index (κ3) is 3.25. The van der Waals surface area contributed by atoms with Gasteiger partial charge in [0.15, 0.2) is 5.82 Å². The molecule has 0 saturated heterocycles. The molecule has 106 valence electrons. The number of nitrogens with zero attached hydrogens (tertiary/aromatic N) is 3. The van der Waals surface area contributed by atoms with Gasteiger partial charge in [-0.05, 0) is 18.1 Å². The van der Waals surface area contributed by atoms with E-state index in [1.165, 1.54) is 0 Å². The molecule has 0 bridgehead atoms. The Morgan fingerprint density at radius 2 is 2.15 bits per heavy atom. The van der Waals surface area contributed by atoms with Gasteiger partial charge in [-0.2, -0.15) is 0 Å². The molecule has 0 radical (unpaired) electrons. The average Bonchev–Trinajstić information content (AvgIpc) is 2.84. The lowest BCUT2D eigenvalue weighted by Crippen LogP contribution is -2.26. The number of amides is 1. The molecule has 20 heavy (non-hydrogen) atoms. The number of aromatic nitrogens is 3. The highest BCUT2D eigenvalue weighted by molar-refractivity contribution is 9.10. The zero-order valence-corrected chi connectivity index (χ0v) is 13.3. The largest absolute Gasteiger partial charge is 0.325 e. The molecule has 0 aliphatic rings. The van der Waals surface area contributed by atoms with Crippen LogP contribution >= 0.6 is 15.9 Å². The van der Waals surface area contributed by atoms with Gasteiger partial charge in [0, 0.05) is 18.3 Å². The topological polar surface area (TPSA) is 59.8 Å². The van der Waals surface area contributed by atoms with E-state index >= 15 is 0 Å². The molecule has 2 rings (SSSR count). The SMILES string of the molecule is CC(C)C(Br)C(=O)Nc1cccc(-c2nncn2C)c1. The average molecular weight is 337 g/mol. The van der Waals surface area contributed by atoms with Gasteiger partial charge in [0.2, 0.25) is 5.91 Å². The summed E-state index contributed by atoms with van der Waals surface area (Å²) in [4.78, 5) is 11.8. The summed E-state index contributed by atoms with van der Waals surface area (Å²) in [5, 5.41) is 10.8. The minimum absolute atomic E-state index is 0.0462. The first-order valence-electron chi connectivity index (χ1n) is 6.38. The maximum absolute atomic E-state index is 12.0. The van der Waals surface area contributed by atoms with Gasteiger partial charge in [0.1, 0.15) is 6.33 Å². The second kappa shape index (κ2) is 6.17. The molecule has 0 spiro atoms. The number of alkyl halides is 1. The molecular formula is C14H17BrN4O. The molecule has 5 nitrogen and oxygen atoms in total. The third-order valence-corrected chi connectivity index (χ3v) is 4.41. The van der Waals surface area contributed by atoms with Crippen molar-refractivity contribution in [2.75, 3.05) is 5.32 Å². The van der Waals surface area contributed by atoms with Crippen molar-refractivity contribution in [1.29, 1.82) is 0 Å². The summed E-state index contributed by atoms with van der Waals surface area (Å²) in [5.74, 6) is 0.951. The highest BCUT2D eigenvalue weighted by Crippen LogP contribution is 2.21. The number of benzene rings is 1.